The fourth-order valence-corrected chi connectivity index (χ4v) is 3.60. The van der Waals surface area contributed by atoms with E-state index in [4.69, 9.17) is 0 Å². The van der Waals surface area contributed by atoms with Crippen LogP contribution in [-0.4, -0.2) is 48.0 Å². The summed E-state index contributed by atoms with van der Waals surface area (Å²) in [5.41, 5.74) is 0.854. The van der Waals surface area contributed by atoms with Gasteiger partial charge in [0.15, 0.2) is 5.65 Å². The van der Waals surface area contributed by atoms with Crippen LogP contribution < -0.4 is 0 Å². The molecule has 7 nitrogen and oxygen atoms in total. The van der Waals surface area contributed by atoms with Gasteiger partial charge in [0.05, 0.1) is 0 Å². The smallest absolute Gasteiger partial charge is 0.242 e. The van der Waals surface area contributed by atoms with Crippen LogP contribution in [-0.2, 0) is 17.8 Å². The molecule has 0 saturated carbocycles. The number of piperidine rings is 1. The first-order chi connectivity index (χ1) is 12.3. The molecular formula is C18H22N6O. The fourth-order valence-electron chi connectivity index (χ4n) is 3.60. The molecule has 1 atom stereocenters. The molecular weight excluding hydrogens is 316 g/mol. The first kappa shape index (κ1) is 15.8. The van der Waals surface area contributed by atoms with E-state index in [1.807, 2.05) is 44.5 Å². The third kappa shape index (κ3) is 3.01. The van der Waals surface area contributed by atoms with Crippen molar-refractivity contribution in [3.63, 3.8) is 0 Å². The molecule has 130 valence electrons. The Morgan fingerprint density at radius 2 is 2.20 bits per heavy atom. The summed E-state index contributed by atoms with van der Waals surface area (Å²) in [6.45, 7) is 3.92. The van der Waals surface area contributed by atoms with Gasteiger partial charge in [-0.25, -0.2) is 4.98 Å². The molecule has 0 radical (unpaired) electrons. The highest BCUT2D eigenvalue weighted by molar-refractivity contribution is 5.76. The second kappa shape index (κ2) is 6.66. The number of aryl methyl sites for hydroxylation is 1. The Morgan fingerprint density at radius 3 is 3.08 bits per heavy atom. The summed E-state index contributed by atoms with van der Waals surface area (Å²) < 4.78 is 3.97. The summed E-state index contributed by atoms with van der Waals surface area (Å²) >= 11 is 0. The van der Waals surface area contributed by atoms with Crippen molar-refractivity contribution in [3.8, 4) is 0 Å². The number of aromatic nitrogens is 5. The van der Waals surface area contributed by atoms with Crippen molar-refractivity contribution >= 4 is 11.6 Å². The molecule has 4 heterocycles. The minimum Gasteiger partial charge on any atom is -0.340 e. The average Bonchev–Trinajstić information content (AvgIpc) is 3.28. The van der Waals surface area contributed by atoms with Crippen LogP contribution >= 0.6 is 0 Å². The Labute approximate surface area is 146 Å². The number of amides is 1. The molecule has 25 heavy (non-hydrogen) atoms. The van der Waals surface area contributed by atoms with Crippen molar-refractivity contribution in [1.82, 2.24) is 29.0 Å². The Kier molecular flexibility index (Phi) is 4.21. The summed E-state index contributed by atoms with van der Waals surface area (Å²) in [5, 5.41) is 8.62. The van der Waals surface area contributed by atoms with Crippen LogP contribution in [0.15, 0.2) is 36.8 Å². The molecule has 1 amide bonds. The van der Waals surface area contributed by atoms with E-state index in [1.54, 1.807) is 6.20 Å². The predicted molar refractivity (Wildman–Crippen MR) is 93.1 cm³/mol. The van der Waals surface area contributed by atoms with E-state index >= 15 is 0 Å². The highest BCUT2D eigenvalue weighted by atomic mass is 16.2. The van der Waals surface area contributed by atoms with Crippen LogP contribution in [0.4, 0.5) is 0 Å². The molecule has 3 aromatic heterocycles. The molecule has 1 aliphatic rings. The molecule has 0 bridgehead atoms. The summed E-state index contributed by atoms with van der Waals surface area (Å²) in [6.07, 6.45) is 8.48. The zero-order chi connectivity index (χ0) is 17.2. The first-order valence-electron chi connectivity index (χ1n) is 8.83. The Balaban J connectivity index is 1.50. The number of carbonyl (C=O) groups excluding carboxylic acids is 1. The van der Waals surface area contributed by atoms with E-state index in [-0.39, 0.29) is 11.8 Å². The van der Waals surface area contributed by atoms with Gasteiger partial charge in [-0.3, -0.25) is 9.20 Å². The van der Waals surface area contributed by atoms with Gasteiger partial charge in [0.2, 0.25) is 5.91 Å². The van der Waals surface area contributed by atoms with Gasteiger partial charge in [-0.15, -0.1) is 10.2 Å². The van der Waals surface area contributed by atoms with Crippen molar-refractivity contribution in [2.24, 2.45) is 0 Å². The lowest BCUT2D eigenvalue weighted by molar-refractivity contribution is -0.133. The zero-order valence-electron chi connectivity index (χ0n) is 14.4. The van der Waals surface area contributed by atoms with E-state index in [0.717, 1.165) is 43.1 Å². The van der Waals surface area contributed by atoms with Crippen LogP contribution in [0.5, 0.6) is 0 Å². The van der Waals surface area contributed by atoms with E-state index in [2.05, 4.69) is 22.1 Å². The van der Waals surface area contributed by atoms with Crippen LogP contribution in [0.25, 0.3) is 5.65 Å². The van der Waals surface area contributed by atoms with Gasteiger partial charge in [-0.05, 0) is 25.0 Å². The molecule has 1 unspecified atom stereocenters. The monoisotopic (exact) mass is 338 g/mol. The number of imidazole rings is 1. The number of hydrogen-bond acceptors (Lipinski definition) is 4. The lowest BCUT2D eigenvalue weighted by atomic mass is 9.97. The van der Waals surface area contributed by atoms with Crippen LogP contribution in [0.3, 0.4) is 0 Å². The van der Waals surface area contributed by atoms with Gasteiger partial charge in [0.25, 0.3) is 0 Å². The van der Waals surface area contributed by atoms with E-state index < -0.39 is 0 Å². The molecule has 0 spiro atoms. The van der Waals surface area contributed by atoms with Crippen molar-refractivity contribution in [2.45, 2.75) is 38.6 Å². The van der Waals surface area contributed by atoms with Gasteiger partial charge in [0, 0.05) is 44.0 Å². The van der Waals surface area contributed by atoms with Crippen molar-refractivity contribution < 1.29 is 4.79 Å². The van der Waals surface area contributed by atoms with E-state index in [9.17, 15) is 4.79 Å². The number of nitrogens with zero attached hydrogens (tertiary/aromatic N) is 6. The zero-order valence-corrected chi connectivity index (χ0v) is 14.4. The third-order valence-electron chi connectivity index (χ3n) is 4.90. The van der Waals surface area contributed by atoms with Crippen molar-refractivity contribution in [2.75, 3.05) is 13.1 Å². The number of hydrogen-bond donors (Lipinski definition) is 0. The second-order valence-corrected chi connectivity index (χ2v) is 6.49. The SMILES string of the molecule is CCc1nccn1CC(=O)N1CCCC(c2nnc3ccccn23)C1. The summed E-state index contributed by atoms with van der Waals surface area (Å²) in [7, 11) is 0. The minimum atomic E-state index is 0.145. The summed E-state index contributed by atoms with van der Waals surface area (Å²) in [5.74, 6) is 2.27. The highest BCUT2D eigenvalue weighted by Gasteiger charge is 2.28. The molecule has 0 aliphatic carbocycles. The Hall–Kier alpha value is -2.70. The lowest BCUT2D eigenvalue weighted by Crippen LogP contribution is -2.41. The number of likely N-dealkylation sites (tertiary alicyclic amines) is 1. The predicted octanol–water partition coefficient (Wildman–Crippen LogP) is 1.89. The van der Waals surface area contributed by atoms with Gasteiger partial charge in [-0.2, -0.15) is 0 Å². The standard InChI is InChI=1S/C18H22N6O/c1-2-15-19-8-11-22(15)13-17(25)23-9-5-6-14(12-23)18-21-20-16-7-3-4-10-24(16)18/h3-4,7-8,10-11,14H,2,5-6,9,12-13H2,1H3. The van der Waals surface area contributed by atoms with Crippen molar-refractivity contribution in [3.05, 3.63) is 48.4 Å². The summed E-state index contributed by atoms with van der Waals surface area (Å²) in [6, 6.07) is 5.89. The number of pyridine rings is 1. The van der Waals surface area contributed by atoms with Gasteiger partial charge >= 0.3 is 0 Å². The molecule has 1 fully saturated rings. The van der Waals surface area contributed by atoms with Crippen LogP contribution in [0.1, 0.15) is 37.3 Å². The molecule has 0 aromatic carbocycles. The minimum absolute atomic E-state index is 0.145. The molecule has 3 aromatic rings. The molecule has 1 saturated heterocycles. The van der Waals surface area contributed by atoms with Crippen LogP contribution in [0.2, 0.25) is 0 Å². The fraction of sp³-hybridized carbons (Fsp3) is 0.444. The molecule has 7 heteroatoms. The maximum atomic E-state index is 12.7. The molecule has 4 rings (SSSR count). The normalized spacial score (nSPS) is 18.0. The first-order valence-corrected chi connectivity index (χ1v) is 8.83. The van der Waals surface area contributed by atoms with Crippen LogP contribution in [0, 0.1) is 0 Å². The summed E-state index contributed by atoms with van der Waals surface area (Å²) in [4.78, 5) is 19.0. The highest BCUT2D eigenvalue weighted by Crippen LogP contribution is 2.26. The Bertz CT molecular complexity index is 882. The number of carbonyl (C=O) groups is 1. The Morgan fingerprint density at radius 1 is 1.28 bits per heavy atom. The van der Waals surface area contributed by atoms with E-state index in [0.29, 0.717) is 13.1 Å². The van der Waals surface area contributed by atoms with Gasteiger partial charge in [-0.1, -0.05) is 13.0 Å². The van der Waals surface area contributed by atoms with Gasteiger partial charge in [0.1, 0.15) is 18.2 Å². The van der Waals surface area contributed by atoms with Gasteiger partial charge < -0.3 is 9.47 Å². The molecule has 0 N–H and O–H groups in total. The average molecular weight is 338 g/mol. The number of rotatable bonds is 4. The topological polar surface area (TPSA) is 68.3 Å². The largest absolute Gasteiger partial charge is 0.340 e. The lowest BCUT2D eigenvalue weighted by Gasteiger charge is -2.32. The second-order valence-electron chi connectivity index (χ2n) is 6.49. The van der Waals surface area contributed by atoms with Crippen molar-refractivity contribution in [1.29, 1.82) is 0 Å². The number of fused-ring (bicyclic) bond motifs is 1. The third-order valence-corrected chi connectivity index (χ3v) is 4.90. The maximum Gasteiger partial charge on any atom is 0.242 e. The van der Waals surface area contributed by atoms with E-state index in [1.165, 1.54) is 0 Å². The molecule has 1 aliphatic heterocycles. The maximum absolute atomic E-state index is 12.7. The quantitative estimate of drug-likeness (QED) is 0.728.